The van der Waals surface area contributed by atoms with E-state index in [1.165, 1.54) is 19.2 Å². The molecule has 1 atom stereocenters. The molecule has 0 saturated carbocycles. The standard InChI is InChI=1S/C21H18N6O6/c1-33-15-9-12(27(31)32)7-8-14(15)23-19(29)13-10-16(28)24-18-17(13)20(30)26-21(25-18)22-11-5-3-2-4-6-11/h2-9,13H,10H2,1H3,(H,23,29)(H3,22,24,25,26,28,30)/t13-/m1/s1. The van der Waals surface area contributed by atoms with Gasteiger partial charge in [0.25, 0.3) is 11.2 Å². The van der Waals surface area contributed by atoms with Gasteiger partial charge in [0.05, 0.1) is 35.3 Å². The summed E-state index contributed by atoms with van der Waals surface area (Å²) < 4.78 is 5.12. The van der Waals surface area contributed by atoms with Crippen LogP contribution in [0.15, 0.2) is 53.3 Å². The number of fused-ring (bicyclic) bond motifs is 1. The summed E-state index contributed by atoms with van der Waals surface area (Å²) >= 11 is 0. The summed E-state index contributed by atoms with van der Waals surface area (Å²) in [5, 5.41) is 19.0. The summed E-state index contributed by atoms with van der Waals surface area (Å²) in [5.41, 5.74) is 0.0295. The van der Waals surface area contributed by atoms with Crippen LogP contribution in [0.5, 0.6) is 5.75 Å². The van der Waals surface area contributed by atoms with E-state index in [0.29, 0.717) is 5.69 Å². The Labute approximate surface area is 186 Å². The van der Waals surface area contributed by atoms with Gasteiger partial charge in [0.2, 0.25) is 17.8 Å². The lowest BCUT2D eigenvalue weighted by molar-refractivity contribution is -0.384. The molecular formula is C21H18N6O6. The third-order valence-corrected chi connectivity index (χ3v) is 4.96. The number of non-ortho nitro benzene ring substituents is 1. The highest BCUT2D eigenvalue weighted by Crippen LogP contribution is 2.33. The van der Waals surface area contributed by atoms with Crippen LogP contribution >= 0.6 is 0 Å². The number of nitrogens with zero attached hydrogens (tertiary/aromatic N) is 2. The molecule has 33 heavy (non-hydrogen) atoms. The summed E-state index contributed by atoms with van der Waals surface area (Å²) in [5.74, 6) is -2.13. The van der Waals surface area contributed by atoms with Crippen LogP contribution in [0.4, 0.5) is 28.8 Å². The molecule has 2 aromatic carbocycles. The lowest BCUT2D eigenvalue weighted by Gasteiger charge is -2.24. The number of methoxy groups -OCH3 is 1. The lowest BCUT2D eigenvalue weighted by atomic mass is 9.92. The average molecular weight is 450 g/mol. The summed E-state index contributed by atoms with van der Waals surface area (Å²) in [6, 6.07) is 12.6. The first kappa shape index (κ1) is 21.5. The monoisotopic (exact) mass is 450 g/mol. The van der Waals surface area contributed by atoms with Gasteiger partial charge in [0.15, 0.2) is 0 Å². The third-order valence-electron chi connectivity index (χ3n) is 4.96. The Morgan fingerprint density at radius 1 is 1.21 bits per heavy atom. The van der Waals surface area contributed by atoms with Crippen LogP contribution in [0.2, 0.25) is 0 Å². The van der Waals surface area contributed by atoms with E-state index < -0.39 is 28.2 Å². The topological polar surface area (TPSA) is 168 Å². The Morgan fingerprint density at radius 3 is 2.67 bits per heavy atom. The molecule has 12 nitrogen and oxygen atoms in total. The zero-order valence-electron chi connectivity index (χ0n) is 17.2. The predicted molar refractivity (Wildman–Crippen MR) is 119 cm³/mol. The highest BCUT2D eigenvalue weighted by molar-refractivity contribution is 6.05. The van der Waals surface area contributed by atoms with Crippen LogP contribution in [-0.4, -0.2) is 33.8 Å². The summed E-state index contributed by atoms with van der Waals surface area (Å²) in [7, 11) is 1.30. The number of para-hydroxylation sites is 1. The number of amides is 2. The number of anilines is 4. The van der Waals surface area contributed by atoms with Crippen LogP contribution in [-0.2, 0) is 9.59 Å². The molecule has 2 heterocycles. The molecule has 4 rings (SSSR count). The first-order valence-electron chi connectivity index (χ1n) is 9.75. The Kier molecular flexibility index (Phi) is 5.72. The molecule has 168 valence electrons. The average Bonchev–Trinajstić information content (AvgIpc) is 2.79. The normalized spacial score (nSPS) is 14.6. The van der Waals surface area contributed by atoms with Gasteiger partial charge in [-0.15, -0.1) is 0 Å². The maximum atomic E-state index is 13.0. The molecule has 1 aromatic heterocycles. The van der Waals surface area contributed by atoms with E-state index in [4.69, 9.17) is 4.74 Å². The van der Waals surface area contributed by atoms with Crippen molar-refractivity contribution < 1.29 is 19.2 Å². The molecule has 3 aromatic rings. The predicted octanol–water partition coefficient (Wildman–Crippen LogP) is 2.49. The van der Waals surface area contributed by atoms with Crippen molar-refractivity contribution in [2.24, 2.45) is 0 Å². The first-order chi connectivity index (χ1) is 15.9. The van der Waals surface area contributed by atoms with E-state index in [2.05, 4.69) is 25.9 Å². The van der Waals surface area contributed by atoms with Gasteiger partial charge >= 0.3 is 0 Å². The van der Waals surface area contributed by atoms with Gasteiger partial charge in [-0.25, -0.2) is 0 Å². The molecule has 1 aliphatic heterocycles. The SMILES string of the molecule is COc1cc([N+](=O)[O-])ccc1NC(=O)[C@@H]1CC(=O)Nc2nc(Nc3ccccc3)[nH]c(=O)c21. The lowest BCUT2D eigenvalue weighted by Crippen LogP contribution is -2.36. The Hall–Kier alpha value is -4.74. The fraction of sp³-hybridized carbons (Fsp3) is 0.143. The van der Waals surface area contributed by atoms with E-state index in [-0.39, 0.29) is 40.9 Å². The number of rotatable bonds is 6. The van der Waals surface area contributed by atoms with Crippen molar-refractivity contribution in [1.82, 2.24) is 9.97 Å². The minimum atomic E-state index is -1.13. The molecule has 2 amide bonds. The number of aromatic nitrogens is 2. The molecule has 1 aliphatic rings. The smallest absolute Gasteiger partial charge is 0.273 e. The maximum absolute atomic E-state index is 13.0. The summed E-state index contributed by atoms with van der Waals surface area (Å²) in [4.78, 5) is 55.3. The van der Waals surface area contributed by atoms with Gasteiger partial charge in [-0.3, -0.25) is 29.5 Å². The number of nitro benzene ring substituents is 1. The fourth-order valence-corrected chi connectivity index (χ4v) is 3.43. The number of nitrogens with one attached hydrogen (secondary N) is 4. The van der Waals surface area contributed by atoms with E-state index in [1.54, 1.807) is 24.3 Å². The minimum Gasteiger partial charge on any atom is -0.494 e. The van der Waals surface area contributed by atoms with E-state index in [9.17, 15) is 24.5 Å². The van der Waals surface area contributed by atoms with Crippen molar-refractivity contribution in [2.45, 2.75) is 12.3 Å². The highest BCUT2D eigenvalue weighted by atomic mass is 16.6. The summed E-state index contributed by atoms with van der Waals surface area (Å²) in [6.45, 7) is 0. The maximum Gasteiger partial charge on any atom is 0.273 e. The van der Waals surface area contributed by atoms with Crippen LogP contribution in [0, 0.1) is 10.1 Å². The van der Waals surface area contributed by atoms with Gasteiger partial charge in [-0.2, -0.15) is 4.98 Å². The molecule has 0 bridgehead atoms. The molecule has 12 heteroatoms. The van der Waals surface area contributed by atoms with Crippen LogP contribution < -0.4 is 26.2 Å². The molecule has 0 unspecified atom stereocenters. The van der Waals surface area contributed by atoms with Gasteiger partial charge in [0, 0.05) is 18.2 Å². The number of hydrogen-bond donors (Lipinski definition) is 4. The Morgan fingerprint density at radius 2 is 1.97 bits per heavy atom. The number of nitro groups is 1. The third kappa shape index (κ3) is 4.49. The number of H-pyrrole nitrogens is 1. The molecular weight excluding hydrogens is 432 g/mol. The number of benzene rings is 2. The van der Waals surface area contributed by atoms with Crippen molar-refractivity contribution in [2.75, 3.05) is 23.1 Å². The van der Waals surface area contributed by atoms with Crippen molar-refractivity contribution in [3.63, 3.8) is 0 Å². The molecule has 0 saturated heterocycles. The second-order valence-electron chi connectivity index (χ2n) is 7.10. The van der Waals surface area contributed by atoms with E-state index in [1.807, 2.05) is 6.07 Å². The zero-order chi connectivity index (χ0) is 23.5. The van der Waals surface area contributed by atoms with Crippen LogP contribution in [0.3, 0.4) is 0 Å². The zero-order valence-corrected chi connectivity index (χ0v) is 17.2. The second-order valence-corrected chi connectivity index (χ2v) is 7.10. The van der Waals surface area contributed by atoms with Gasteiger partial charge in [-0.1, -0.05) is 18.2 Å². The van der Waals surface area contributed by atoms with Crippen LogP contribution in [0.25, 0.3) is 0 Å². The first-order valence-corrected chi connectivity index (χ1v) is 9.75. The molecule has 0 spiro atoms. The van der Waals surface area contributed by atoms with Crippen LogP contribution in [0.1, 0.15) is 17.9 Å². The number of aromatic amines is 1. The van der Waals surface area contributed by atoms with Crippen molar-refractivity contribution in [3.8, 4) is 5.75 Å². The molecule has 0 radical (unpaired) electrons. The van der Waals surface area contributed by atoms with Gasteiger partial charge in [-0.05, 0) is 18.2 Å². The highest BCUT2D eigenvalue weighted by Gasteiger charge is 2.35. The van der Waals surface area contributed by atoms with Gasteiger partial charge in [0.1, 0.15) is 11.6 Å². The molecule has 4 N–H and O–H groups in total. The van der Waals surface area contributed by atoms with Crippen molar-refractivity contribution in [3.05, 3.63) is 74.6 Å². The second kappa shape index (κ2) is 8.78. The number of hydrogen-bond acceptors (Lipinski definition) is 8. The van der Waals surface area contributed by atoms with E-state index >= 15 is 0 Å². The molecule has 0 fully saturated rings. The van der Waals surface area contributed by atoms with Crippen molar-refractivity contribution >= 4 is 40.6 Å². The number of carbonyl (C=O) groups excluding carboxylic acids is 2. The van der Waals surface area contributed by atoms with E-state index in [0.717, 1.165) is 6.07 Å². The minimum absolute atomic E-state index is 0.00610. The van der Waals surface area contributed by atoms with Crippen molar-refractivity contribution in [1.29, 1.82) is 0 Å². The molecule has 0 aliphatic carbocycles. The Bertz CT molecular complexity index is 1310. The van der Waals surface area contributed by atoms with Gasteiger partial charge < -0.3 is 20.7 Å². The largest absolute Gasteiger partial charge is 0.494 e. The summed E-state index contributed by atoms with van der Waals surface area (Å²) in [6.07, 6.45) is -0.273. The number of carbonyl (C=O) groups is 2. The Balaban J connectivity index is 1.64. The fourth-order valence-electron chi connectivity index (χ4n) is 3.43. The quantitative estimate of drug-likeness (QED) is 0.328. The number of ether oxygens (including phenoxy) is 1.